The van der Waals surface area contributed by atoms with Crippen LogP contribution in [0.25, 0.3) is 0 Å². The molecule has 0 bridgehead atoms. The minimum Gasteiger partial charge on any atom is -0.490 e. The molecule has 0 amide bonds. The van der Waals surface area contributed by atoms with Gasteiger partial charge in [0.2, 0.25) is 5.78 Å². The summed E-state index contributed by atoms with van der Waals surface area (Å²) in [6.07, 6.45) is -2.19. The van der Waals surface area contributed by atoms with Gasteiger partial charge in [-0.1, -0.05) is 0 Å². The first-order valence-electron chi connectivity index (χ1n) is 4.50. The van der Waals surface area contributed by atoms with Crippen LogP contribution < -0.4 is 5.73 Å². The van der Waals surface area contributed by atoms with Crippen LogP contribution in [0.15, 0.2) is 11.8 Å². The van der Waals surface area contributed by atoms with Crippen LogP contribution in [0.1, 0.15) is 19.8 Å². The van der Waals surface area contributed by atoms with Gasteiger partial charge in [0, 0.05) is 0 Å². The molecule has 0 fully saturated rings. The lowest BCUT2D eigenvalue weighted by molar-refractivity contribution is -0.185. The highest BCUT2D eigenvalue weighted by Gasteiger charge is 2.55. The van der Waals surface area contributed by atoms with Crippen molar-refractivity contribution in [1.82, 2.24) is 0 Å². The van der Waals surface area contributed by atoms with Gasteiger partial charge in [0.25, 0.3) is 0 Å². The summed E-state index contributed by atoms with van der Waals surface area (Å²) in [6, 6.07) is 0. The number of halogens is 3. The Bertz CT molecular complexity index is 294. The van der Waals surface area contributed by atoms with Gasteiger partial charge in [-0.15, -0.1) is 0 Å². The second-order valence-electron chi connectivity index (χ2n) is 3.59. The van der Waals surface area contributed by atoms with E-state index in [-0.39, 0.29) is 12.4 Å². The minimum atomic E-state index is -4.77. The number of ketones is 1. The van der Waals surface area contributed by atoms with E-state index < -0.39 is 17.5 Å². The van der Waals surface area contributed by atoms with Gasteiger partial charge in [0.05, 0.1) is 6.61 Å². The zero-order chi connectivity index (χ0) is 11.7. The number of rotatable bonds is 2. The fourth-order valence-corrected chi connectivity index (χ4v) is 1.10. The number of carbonyl (C=O) groups is 1. The van der Waals surface area contributed by atoms with Crippen molar-refractivity contribution in [3.8, 4) is 0 Å². The lowest BCUT2D eigenvalue weighted by Gasteiger charge is -2.27. The fraction of sp³-hybridized carbons (Fsp3) is 0.667. The van der Waals surface area contributed by atoms with Crippen LogP contribution in [0, 0.1) is 0 Å². The Balaban J connectivity index is 2.88. The van der Waals surface area contributed by atoms with E-state index in [1.54, 1.807) is 0 Å². The molecule has 0 aromatic rings. The third-order valence-corrected chi connectivity index (χ3v) is 2.22. The number of Topliss-reactive ketones (excluding diaryl/α,β-unsaturated/α-hetero) is 1. The molecule has 0 saturated heterocycles. The predicted molar refractivity (Wildman–Crippen MR) is 46.9 cm³/mol. The molecule has 0 spiro atoms. The molecule has 0 saturated carbocycles. The third kappa shape index (κ3) is 2.31. The van der Waals surface area contributed by atoms with Crippen molar-refractivity contribution >= 4 is 5.78 Å². The van der Waals surface area contributed by atoms with E-state index in [0.29, 0.717) is 19.8 Å². The fourth-order valence-electron chi connectivity index (χ4n) is 1.10. The molecule has 0 aromatic carbocycles. The second-order valence-corrected chi connectivity index (χ2v) is 3.59. The van der Waals surface area contributed by atoms with E-state index in [0.717, 1.165) is 0 Å². The normalized spacial score (nSPS) is 21.3. The highest BCUT2D eigenvalue weighted by atomic mass is 19.4. The molecular weight excluding hydrogens is 211 g/mol. The maximum absolute atomic E-state index is 12.4. The highest BCUT2D eigenvalue weighted by molar-refractivity contribution is 6.01. The Morgan fingerprint density at radius 1 is 1.53 bits per heavy atom. The smallest absolute Gasteiger partial charge is 0.413 e. The highest BCUT2D eigenvalue weighted by Crippen LogP contribution is 2.31. The maximum Gasteiger partial charge on any atom is 0.413 e. The number of nitrogens with two attached hydrogens (primary N) is 1. The summed E-state index contributed by atoms with van der Waals surface area (Å²) in [5.74, 6) is -1.49. The summed E-state index contributed by atoms with van der Waals surface area (Å²) < 4.78 is 42.1. The third-order valence-electron chi connectivity index (χ3n) is 2.22. The molecule has 6 heteroatoms. The topological polar surface area (TPSA) is 52.3 Å². The molecule has 1 aliphatic rings. The standard InChI is InChI=1S/C9H12F3NO2/c1-8(13,9(10,11)12)7(14)6-4-2-3-5-15-6/h4H,2-3,5,13H2,1H3. The van der Waals surface area contributed by atoms with Crippen molar-refractivity contribution in [1.29, 1.82) is 0 Å². The quantitative estimate of drug-likeness (QED) is 0.772. The van der Waals surface area contributed by atoms with Gasteiger partial charge in [-0.25, -0.2) is 0 Å². The van der Waals surface area contributed by atoms with E-state index in [1.165, 1.54) is 6.08 Å². The van der Waals surface area contributed by atoms with Crippen molar-refractivity contribution in [2.75, 3.05) is 6.61 Å². The Morgan fingerprint density at radius 2 is 2.13 bits per heavy atom. The lowest BCUT2D eigenvalue weighted by atomic mass is 9.94. The molecule has 3 nitrogen and oxygen atoms in total. The van der Waals surface area contributed by atoms with Gasteiger partial charge in [0.15, 0.2) is 11.3 Å². The van der Waals surface area contributed by atoms with Crippen LogP contribution in [0.3, 0.4) is 0 Å². The van der Waals surface area contributed by atoms with E-state index in [9.17, 15) is 18.0 Å². The number of ether oxygens (including phenoxy) is 1. The first-order chi connectivity index (χ1) is 6.77. The average Bonchev–Trinajstić information content (AvgIpc) is 2.16. The molecule has 1 unspecified atom stereocenters. The van der Waals surface area contributed by atoms with Crippen LogP contribution in [0.2, 0.25) is 0 Å². The van der Waals surface area contributed by atoms with E-state index >= 15 is 0 Å². The Hall–Kier alpha value is -1.04. The average molecular weight is 223 g/mol. The largest absolute Gasteiger partial charge is 0.490 e. The van der Waals surface area contributed by atoms with E-state index in [2.05, 4.69) is 0 Å². The maximum atomic E-state index is 12.4. The van der Waals surface area contributed by atoms with Gasteiger partial charge in [-0.3, -0.25) is 4.79 Å². The SMILES string of the molecule is CC(N)(C(=O)C1=CCCCO1)C(F)(F)F. The molecule has 0 aromatic heterocycles. The number of alkyl halides is 3. The van der Waals surface area contributed by atoms with Crippen LogP contribution in [-0.2, 0) is 9.53 Å². The van der Waals surface area contributed by atoms with Crippen molar-refractivity contribution in [3.05, 3.63) is 11.8 Å². The number of hydrogen-bond donors (Lipinski definition) is 1. The first kappa shape index (κ1) is 12.0. The van der Waals surface area contributed by atoms with Crippen LogP contribution in [0.5, 0.6) is 0 Å². The van der Waals surface area contributed by atoms with Crippen molar-refractivity contribution in [2.24, 2.45) is 5.73 Å². The van der Waals surface area contributed by atoms with Gasteiger partial charge in [-0.2, -0.15) is 13.2 Å². The summed E-state index contributed by atoms with van der Waals surface area (Å²) >= 11 is 0. The molecule has 1 rings (SSSR count). The molecule has 0 aliphatic carbocycles. The second kappa shape index (κ2) is 3.84. The molecular formula is C9H12F3NO2. The number of allylic oxidation sites excluding steroid dienone is 1. The molecule has 86 valence electrons. The lowest BCUT2D eigenvalue weighted by Crippen LogP contribution is -2.57. The Kier molecular flexibility index (Phi) is 3.08. The van der Waals surface area contributed by atoms with Crippen molar-refractivity contribution in [3.63, 3.8) is 0 Å². The van der Waals surface area contributed by atoms with E-state index in [1.807, 2.05) is 0 Å². The van der Waals surface area contributed by atoms with Gasteiger partial charge in [0.1, 0.15) is 0 Å². The Morgan fingerprint density at radius 3 is 2.53 bits per heavy atom. The summed E-state index contributed by atoms with van der Waals surface area (Å²) in [5, 5.41) is 0. The Labute approximate surface area is 85.1 Å². The summed E-state index contributed by atoms with van der Waals surface area (Å²) in [6.45, 7) is 0.902. The molecule has 1 atom stereocenters. The molecule has 1 aliphatic heterocycles. The minimum absolute atomic E-state index is 0.255. The zero-order valence-corrected chi connectivity index (χ0v) is 8.23. The van der Waals surface area contributed by atoms with Crippen LogP contribution in [-0.4, -0.2) is 24.1 Å². The summed E-state index contributed by atoms with van der Waals surface area (Å²) in [5.41, 5.74) is 2.09. The van der Waals surface area contributed by atoms with Gasteiger partial charge < -0.3 is 10.5 Å². The van der Waals surface area contributed by atoms with Gasteiger partial charge in [-0.05, 0) is 25.8 Å². The monoisotopic (exact) mass is 223 g/mol. The van der Waals surface area contributed by atoms with Crippen LogP contribution >= 0.6 is 0 Å². The van der Waals surface area contributed by atoms with Gasteiger partial charge >= 0.3 is 6.18 Å². The van der Waals surface area contributed by atoms with E-state index in [4.69, 9.17) is 10.5 Å². The molecule has 2 N–H and O–H groups in total. The molecule has 0 radical (unpaired) electrons. The van der Waals surface area contributed by atoms with Crippen LogP contribution in [0.4, 0.5) is 13.2 Å². The molecule has 15 heavy (non-hydrogen) atoms. The molecule has 1 heterocycles. The predicted octanol–water partition coefficient (Wildman–Crippen LogP) is 1.53. The van der Waals surface area contributed by atoms with Crippen molar-refractivity contribution in [2.45, 2.75) is 31.5 Å². The first-order valence-corrected chi connectivity index (χ1v) is 4.50. The zero-order valence-electron chi connectivity index (χ0n) is 8.23. The van der Waals surface area contributed by atoms with Crippen molar-refractivity contribution < 1.29 is 22.7 Å². The summed E-state index contributed by atoms with van der Waals surface area (Å²) in [4.78, 5) is 11.4. The number of carbonyl (C=O) groups excluding carboxylic acids is 1. The summed E-state index contributed by atoms with van der Waals surface area (Å²) in [7, 11) is 0. The number of hydrogen-bond acceptors (Lipinski definition) is 3.